The van der Waals surface area contributed by atoms with Crippen molar-refractivity contribution >= 4 is 6.29 Å². The van der Waals surface area contributed by atoms with Crippen molar-refractivity contribution < 1.29 is 23.8 Å². The fourth-order valence-electron chi connectivity index (χ4n) is 8.74. The number of alkyl halides is 2. The molecular weight excluding hydrogens is 374 g/mol. The molecule has 3 unspecified atom stereocenters. The lowest BCUT2D eigenvalue weighted by molar-refractivity contribution is -0.236. The van der Waals surface area contributed by atoms with Crippen molar-refractivity contribution in [3.63, 3.8) is 0 Å². The van der Waals surface area contributed by atoms with Gasteiger partial charge in [0.2, 0.25) is 0 Å². The Kier molecular flexibility index (Phi) is 5.42. The quantitative estimate of drug-likeness (QED) is 0.650. The van der Waals surface area contributed by atoms with Crippen LogP contribution in [0.15, 0.2) is 0 Å². The monoisotopic (exact) mass is 412 g/mol. The van der Waals surface area contributed by atoms with Crippen molar-refractivity contribution in [1.29, 1.82) is 0 Å². The van der Waals surface area contributed by atoms with Gasteiger partial charge in [0.15, 0.2) is 0 Å². The number of halogens is 2. The summed E-state index contributed by atoms with van der Waals surface area (Å²) in [6.45, 7) is 6.64. The van der Waals surface area contributed by atoms with Gasteiger partial charge in [0.25, 0.3) is 5.92 Å². The number of carbonyl (C=O) groups excluding carboxylic acids is 1. The van der Waals surface area contributed by atoms with Crippen LogP contribution in [-0.2, 0) is 4.79 Å². The van der Waals surface area contributed by atoms with Gasteiger partial charge in [-0.25, -0.2) is 8.78 Å². The van der Waals surface area contributed by atoms with Crippen LogP contribution >= 0.6 is 0 Å². The van der Waals surface area contributed by atoms with Crippen molar-refractivity contribution in [3.8, 4) is 0 Å². The molecule has 0 saturated heterocycles. The molecule has 0 radical (unpaired) electrons. The summed E-state index contributed by atoms with van der Waals surface area (Å²) in [6, 6.07) is 0. The van der Waals surface area contributed by atoms with E-state index in [-0.39, 0.29) is 36.0 Å². The molecule has 10 atom stereocenters. The Morgan fingerprint density at radius 2 is 1.76 bits per heavy atom. The van der Waals surface area contributed by atoms with E-state index in [9.17, 15) is 23.8 Å². The molecule has 4 rings (SSSR count). The molecule has 5 heteroatoms. The smallest absolute Gasteiger partial charge is 0.274 e. The van der Waals surface area contributed by atoms with Crippen LogP contribution in [0, 0.1) is 46.3 Å². The van der Waals surface area contributed by atoms with Crippen LogP contribution in [0.2, 0.25) is 0 Å². The average Bonchev–Trinajstić information content (AvgIpc) is 2.99. The zero-order valence-corrected chi connectivity index (χ0v) is 18.1. The second kappa shape index (κ2) is 7.25. The molecule has 3 nitrogen and oxygen atoms in total. The number of rotatable bonds is 4. The molecule has 4 aliphatic rings. The van der Waals surface area contributed by atoms with Crippen molar-refractivity contribution in [1.82, 2.24) is 0 Å². The zero-order valence-electron chi connectivity index (χ0n) is 18.1. The number of hydrogen-bond donors (Lipinski definition) is 2. The Bertz CT molecular complexity index is 640. The maximum absolute atomic E-state index is 14.6. The van der Waals surface area contributed by atoms with Crippen LogP contribution in [0.3, 0.4) is 0 Å². The summed E-state index contributed by atoms with van der Waals surface area (Å²) < 4.78 is 29.1. The maximum atomic E-state index is 14.6. The molecule has 166 valence electrons. The molecule has 29 heavy (non-hydrogen) atoms. The maximum Gasteiger partial charge on any atom is 0.274 e. The molecule has 0 amide bonds. The van der Waals surface area contributed by atoms with Crippen molar-refractivity contribution in [2.24, 2.45) is 46.3 Å². The van der Waals surface area contributed by atoms with Gasteiger partial charge in [0, 0.05) is 12.8 Å². The lowest BCUT2D eigenvalue weighted by Crippen LogP contribution is -2.62. The first-order valence-corrected chi connectivity index (χ1v) is 11.7. The highest BCUT2D eigenvalue weighted by molar-refractivity contribution is 5.49. The molecule has 0 aromatic heterocycles. The van der Waals surface area contributed by atoms with E-state index in [1.165, 1.54) is 0 Å². The first-order chi connectivity index (χ1) is 13.5. The Morgan fingerprint density at radius 1 is 1.07 bits per heavy atom. The van der Waals surface area contributed by atoms with Crippen LogP contribution in [0.4, 0.5) is 8.78 Å². The number of fused-ring (bicyclic) bond motifs is 5. The van der Waals surface area contributed by atoms with Crippen molar-refractivity contribution in [3.05, 3.63) is 0 Å². The minimum Gasteiger partial charge on any atom is -0.393 e. The minimum atomic E-state index is -3.03. The Hall–Kier alpha value is -0.550. The van der Waals surface area contributed by atoms with Gasteiger partial charge in [0.05, 0.1) is 6.10 Å². The summed E-state index contributed by atoms with van der Waals surface area (Å²) in [5, 5.41) is 21.2. The summed E-state index contributed by atoms with van der Waals surface area (Å²) in [5.74, 6) is -1.47. The summed E-state index contributed by atoms with van der Waals surface area (Å²) in [6.07, 6.45) is 4.99. The average molecular weight is 413 g/mol. The van der Waals surface area contributed by atoms with E-state index in [2.05, 4.69) is 13.8 Å². The molecular formula is C24H38F2O3. The molecule has 0 aliphatic heterocycles. The molecule has 0 bridgehead atoms. The van der Waals surface area contributed by atoms with Crippen molar-refractivity contribution in [2.75, 3.05) is 0 Å². The van der Waals surface area contributed by atoms with Gasteiger partial charge in [-0.15, -0.1) is 0 Å². The summed E-state index contributed by atoms with van der Waals surface area (Å²) in [5.41, 5.74) is -0.375. The third-order valence-electron chi connectivity index (χ3n) is 10.2. The van der Waals surface area contributed by atoms with E-state index in [1.807, 2.05) is 6.92 Å². The van der Waals surface area contributed by atoms with Gasteiger partial charge in [0.1, 0.15) is 12.4 Å². The van der Waals surface area contributed by atoms with E-state index in [1.54, 1.807) is 0 Å². The SMILES string of the molecule is C[C@H](CCC=O)[C@H]1CCC2C3C(CC[C@@]21C)[C@@]1(C)CC(F)(F)[C@H](O)C[C@H]1C[C@@H]3O. The standard InChI is InChI=1S/C24H38F2O3/c1-14(5-4-10-27)16-6-7-17-21-18(8-9-22(16,17)2)23(3)13-24(25,26)20(29)12-15(23)11-19(21)28/h10,14-21,28-29H,4-9,11-13H2,1-3H3/t14-,15-,16-,17?,18?,19+,20-,21?,22-,23+/m1/s1. The van der Waals surface area contributed by atoms with Gasteiger partial charge >= 0.3 is 0 Å². The van der Waals surface area contributed by atoms with Gasteiger partial charge in [-0.05, 0) is 91.3 Å². The third-order valence-corrected chi connectivity index (χ3v) is 10.2. The molecule has 0 spiro atoms. The fourth-order valence-corrected chi connectivity index (χ4v) is 8.74. The minimum absolute atomic E-state index is 0.0264. The second-order valence-electron chi connectivity index (χ2n) is 11.4. The first-order valence-electron chi connectivity index (χ1n) is 11.7. The van der Waals surface area contributed by atoms with Gasteiger partial charge in [-0.3, -0.25) is 0 Å². The Labute approximate surface area is 173 Å². The topological polar surface area (TPSA) is 57.5 Å². The summed E-state index contributed by atoms with van der Waals surface area (Å²) >= 11 is 0. The van der Waals surface area contributed by atoms with Crippen LogP contribution in [0.25, 0.3) is 0 Å². The largest absolute Gasteiger partial charge is 0.393 e. The van der Waals surface area contributed by atoms with Crippen LogP contribution in [0.1, 0.15) is 78.6 Å². The summed E-state index contributed by atoms with van der Waals surface area (Å²) in [7, 11) is 0. The molecule has 4 fully saturated rings. The predicted molar refractivity (Wildman–Crippen MR) is 107 cm³/mol. The van der Waals surface area contributed by atoms with E-state index in [4.69, 9.17) is 0 Å². The number of aliphatic hydroxyl groups excluding tert-OH is 2. The van der Waals surface area contributed by atoms with E-state index < -0.39 is 23.5 Å². The predicted octanol–water partition coefficient (Wildman–Crippen LogP) is 4.84. The first kappa shape index (κ1) is 21.7. The zero-order chi connectivity index (χ0) is 21.2. The molecule has 4 aliphatic carbocycles. The van der Waals surface area contributed by atoms with E-state index in [0.29, 0.717) is 30.6 Å². The molecule has 0 aromatic carbocycles. The van der Waals surface area contributed by atoms with Gasteiger partial charge in [-0.2, -0.15) is 0 Å². The normalized spacial score (nSPS) is 52.2. The van der Waals surface area contributed by atoms with Crippen LogP contribution in [0.5, 0.6) is 0 Å². The highest BCUT2D eigenvalue weighted by Crippen LogP contribution is 2.69. The summed E-state index contributed by atoms with van der Waals surface area (Å²) in [4.78, 5) is 10.9. The van der Waals surface area contributed by atoms with Crippen molar-refractivity contribution in [2.45, 2.75) is 96.7 Å². The van der Waals surface area contributed by atoms with E-state index in [0.717, 1.165) is 38.4 Å². The lowest BCUT2D eigenvalue weighted by Gasteiger charge is -2.63. The third kappa shape index (κ3) is 3.21. The molecule has 0 heterocycles. The molecule has 0 aromatic rings. The highest BCUT2D eigenvalue weighted by atomic mass is 19.3. The number of carbonyl (C=O) groups is 1. The highest BCUT2D eigenvalue weighted by Gasteiger charge is 2.66. The number of aliphatic hydroxyl groups is 2. The van der Waals surface area contributed by atoms with E-state index >= 15 is 0 Å². The number of hydrogen-bond acceptors (Lipinski definition) is 3. The lowest BCUT2D eigenvalue weighted by atomic mass is 9.43. The second-order valence-corrected chi connectivity index (χ2v) is 11.4. The molecule has 2 N–H and O–H groups in total. The Balaban J connectivity index is 1.61. The molecule has 4 saturated carbocycles. The van der Waals surface area contributed by atoms with Gasteiger partial charge in [-0.1, -0.05) is 20.8 Å². The Morgan fingerprint density at radius 3 is 2.45 bits per heavy atom. The number of aldehydes is 1. The van der Waals surface area contributed by atoms with Gasteiger partial charge < -0.3 is 15.0 Å². The fraction of sp³-hybridized carbons (Fsp3) is 0.958. The van der Waals surface area contributed by atoms with Crippen LogP contribution in [-0.4, -0.2) is 34.6 Å². The van der Waals surface area contributed by atoms with Crippen LogP contribution < -0.4 is 0 Å².